The van der Waals surface area contributed by atoms with Crippen LogP contribution in [0.15, 0.2) is 18.2 Å². The van der Waals surface area contributed by atoms with E-state index in [4.69, 9.17) is 4.74 Å². The highest BCUT2D eigenvalue weighted by molar-refractivity contribution is 5.95. The Hall–Kier alpha value is -2.55. The van der Waals surface area contributed by atoms with E-state index in [1.165, 1.54) is 7.11 Å². The van der Waals surface area contributed by atoms with Crippen molar-refractivity contribution in [3.05, 3.63) is 44.0 Å². The summed E-state index contributed by atoms with van der Waals surface area (Å²) in [4.78, 5) is 34.8. The molecule has 0 spiro atoms. The number of benzene rings is 1. The van der Waals surface area contributed by atoms with E-state index >= 15 is 0 Å². The molecule has 1 amide bonds. The highest BCUT2D eigenvalue weighted by atomic mass is 16.6. The zero-order valence-corrected chi connectivity index (χ0v) is 13.9. The first-order valence-electron chi connectivity index (χ1n) is 7.59. The molecule has 0 aliphatic heterocycles. The first-order chi connectivity index (χ1) is 11.3. The fourth-order valence-electron chi connectivity index (χ4n) is 2.46. The lowest BCUT2D eigenvalue weighted by atomic mass is 10.1. The third-order valence-electron chi connectivity index (χ3n) is 3.75. The summed E-state index contributed by atoms with van der Waals surface area (Å²) in [6.45, 7) is 4.46. The molecule has 0 saturated carbocycles. The van der Waals surface area contributed by atoms with Gasteiger partial charge in [-0.1, -0.05) is 13.8 Å². The van der Waals surface area contributed by atoms with E-state index < -0.39 is 27.1 Å². The highest BCUT2D eigenvalue weighted by Crippen LogP contribution is 2.24. The maximum absolute atomic E-state index is 12.8. The number of ether oxygens (including phenoxy) is 1. The van der Waals surface area contributed by atoms with Gasteiger partial charge in [0.15, 0.2) is 0 Å². The second-order valence-electron chi connectivity index (χ2n) is 5.21. The number of rotatable bonds is 9. The van der Waals surface area contributed by atoms with Crippen LogP contribution in [0.3, 0.4) is 0 Å². The van der Waals surface area contributed by atoms with Crippen LogP contribution in [0.1, 0.15) is 37.0 Å². The standard InChI is InChI=1S/C15H21N3O6/c1-4-12(5-2)16(6-7-24-3)15(19)11-8-13(17(20)21)10-14(9-11)18(22)23/h8-10,12H,4-7H2,1-3H3. The number of carbonyl (C=O) groups excluding carboxylic acids is 1. The van der Waals surface area contributed by atoms with E-state index in [1.807, 2.05) is 13.8 Å². The molecule has 0 aliphatic carbocycles. The third-order valence-corrected chi connectivity index (χ3v) is 3.75. The van der Waals surface area contributed by atoms with Crippen molar-refractivity contribution >= 4 is 17.3 Å². The lowest BCUT2D eigenvalue weighted by molar-refractivity contribution is -0.394. The molecule has 132 valence electrons. The van der Waals surface area contributed by atoms with E-state index in [0.717, 1.165) is 18.2 Å². The molecule has 0 saturated heterocycles. The molecule has 1 aromatic rings. The van der Waals surface area contributed by atoms with Crippen LogP contribution in [0.2, 0.25) is 0 Å². The molecule has 0 aliphatic rings. The quantitative estimate of drug-likeness (QED) is 0.504. The maximum atomic E-state index is 12.8. The SMILES string of the molecule is CCC(CC)N(CCOC)C(=O)c1cc([N+](=O)[O-])cc([N+](=O)[O-])c1. The van der Waals surface area contributed by atoms with Crippen LogP contribution in [0.5, 0.6) is 0 Å². The topological polar surface area (TPSA) is 116 Å². The van der Waals surface area contributed by atoms with Gasteiger partial charge in [0.2, 0.25) is 0 Å². The Morgan fingerprint density at radius 3 is 2.00 bits per heavy atom. The van der Waals surface area contributed by atoms with Crippen molar-refractivity contribution in [2.45, 2.75) is 32.7 Å². The first kappa shape index (κ1) is 19.5. The molecule has 0 fully saturated rings. The van der Waals surface area contributed by atoms with Gasteiger partial charge in [-0.25, -0.2) is 0 Å². The van der Waals surface area contributed by atoms with E-state index in [1.54, 1.807) is 4.90 Å². The molecular formula is C15H21N3O6. The minimum absolute atomic E-state index is 0.0705. The minimum Gasteiger partial charge on any atom is -0.383 e. The molecule has 9 nitrogen and oxygen atoms in total. The summed E-state index contributed by atoms with van der Waals surface area (Å²) in [5.41, 5.74) is -1.04. The van der Waals surface area contributed by atoms with E-state index in [9.17, 15) is 25.0 Å². The van der Waals surface area contributed by atoms with Crippen LogP contribution < -0.4 is 0 Å². The molecule has 0 bridgehead atoms. The lowest BCUT2D eigenvalue weighted by Gasteiger charge is -2.30. The van der Waals surface area contributed by atoms with Crippen molar-refractivity contribution in [1.82, 2.24) is 4.90 Å². The molecule has 1 rings (SSSR count). The van der Waals surface area contributed by atoms with Crippen molar-refractivity contribution in [2.24, 2.45) is 0 Å². The Kier molecular flexibility index (Phi) is 7.25. The van der Waals surface area contributed by atoms with Crippen molar-refractivity contribution in [1.29, 1.82) is 0 Å². The number of hydrogen-bond acceptors (Lipinski definition) is 6. The molecule has 9 heteroatoms. The number of nitro groups is 2. The van der Waals surface area contributed by atoms with Gasteiger partial charge in [-0.15, -0.1) is 0 Å². The molecule has 0 heterocycles. The first-order valence-corrected chi connectivity index (χ1v) is 7.59. The number of hydrogen-bond donors (Lipinski definition) is 0. The zero-order chi connectivity index (χ0) is 18.3. The van der Waals surface area contributed by atoms with Gasteiger partial charge in [0.1, 0.15) is 0 Å². The Morgan fingerprint density at radius 1 is 1.12 bits per heavy atom. The van der Waals surface area contributed by atoms with E-state index in [0.29, 0.717) is 26.0 Å². The van der Waals surface area contributed by atoms with Gasteiger partial charge in [0.05, 0.1) is 28.1 Å². The summed E-state index contributed by atoms with van der Waals surface area (Å²) in [5, 5.41) is 22.0. The van der Waals surface area contributed by atoms with Gasteiger partial charge in [0, 0.05) is 31.8 Å². The molecule has 0 aromatic heterocycles. The molecule has 24 heavy (non-hydrogen) atoms. The summed E-state index contributed by atoms with van der Waals surface area (Å²) in [6.07, 6.45) is 1.39. The predicted molar refractivity (Wildman–Crippen MR) is 87.0 cm³/mol. The number of amides is 1. The van der Waals surface area contributed by atoms with Crippen LogP contribution in [-0.4, -0.2) is 47.0 Å². The Morgan fingerprint density at radius 2 is 1.62 bits per heavy atom. The summed E-state index contributed by atoms with van der Waals surface area (Å²) in [6, 6.07) is 2.90. The Labute approximate surface area is 139 Å². The summed E-state index contributed by atoms with van der Waals surface area (Å²) >= 11 is 0. The Balaban J connectivity index is 3.30. The average molecular weight is 339 g/mol. The monoisotopic (exact) mass is 339 g/mol. The molecule has 0 atom stereocenters. The average Bonchev–Trinajstić information content (AvgIpc) is 2.57. The van der Waals surface area contributed by atoms with Crippen molar-refractivity contribution in [3.63, 3.8) is 0 Å². The normalized spacial score (nSPS) is 10.7. The van der Waals surface area contributed by atoms with Crippen LogP contribution in [0.4, 0.5) is 11.4 Å². The summed E-state index contributed by atoms with van der Waals surface area (Å²) in [7, 11) is 1.51. The predicted octanol–water partition coefficient (Wildman–Crippen LogP) is 2.78. The van der Waals surface area contributed by atoms with Gasteiger partial charge in [0.25, 0.3) is 17.3 Å². The van der Waals surface area contributed by atoms with Gasteiger partial charge in [-0.05, 0) is 12.8 Å². The van der Waals surface area contributed by atoms with Crippen LogP contribution in [0.25, 0.3) is 0 Å². The number of nitrogens with zero attached hydrogens (tertiary/aromatic N) is 3. The number of non-ortho nitro benzene ring substituents is 2. The third kappa shape index (κ3) is 4.72. The van der Waals surface area contributed by atoms with E-state index in [2.05, 4.69) is 0 Å². The smallest absolute Gasteiger partial charge is 0.277 e. The molecular weight excluding hydrogens is 318 g/mol. The second-order valence-corrected chi connectivity index (χ2v) is 5.21. The number of carbonyl (C=O) groups is 1. The van der Waals surface area contributed by atoms with Gasteiger partial charge >= 0.3 is 0 Å². The van der Waals surface area contributed by atoms with Gasteiger partial charge in [-0.3, -0.25) is 25.0 Å². The fourth-order valence-corrected chi connectivity index (χ4v) is 2.46. The summed E-state index contributed by atoms with van der Waals surface area (Å²) in [5.74, 6) is -0.479. The molecule has 0 unspecified atom stereocenters. The van der Waals surface area contributed by atoms with Crippen LogP contribution in [0, 0.1) is 20.2 Å². The largest absolute Gasteiger partial charge is 0.383 e. The van der Waals surface area contributed by atoms with Gasteiger partial charge < -0.3 is 9.64 Å². The minimum atomic E-state index is -0.750. The zero-order valence-electron chi connectivity index (χ0n) is 13.9. The van der Waals surface area contributed by atoms with Crippen molar-refractivity contribution in [3.8, 4) is 0 Å². The number of nitro benzene ring substituents is 2. The van der Waals surface area contributed by atoms with Gasteiger partial charge in [-0.2, -0.15) is 0 Å². The van der Waals surface area contributed by atoms with Crippen molar-refractivity contribution < 1.29 is 19.4 Å². The lowest BCUT2D eigenvalue weighted by Crippen LogP contribution is -2.41. The fraction of sp³-hybridized carbons (Fsp3) is 0.533. The van der Waals surface area contributed by atoms with Crippen LogP contribution >= 0.6 is 0 Å². The maximum Gasteiger partial charge on any atom is 0.277 e. The van der Waals surface area contributed by atoms with Crippen molar-refractivity contribution in [2.75, 3.05) is 20.3 Å². The molecule has 1 aromatic carbocycles. The molecule has 0 N–H and O–H groups in total. The number of methoxy groups -OCH3 is 1. The van der Waals surface area contributed by atoms with Crippen LogP contribution in [-0.2, 0) is 4.74 Å². The second kappa shape index (κ2) is 8.92. The molecule has 0 radical (unpaired) electrons. The highest BCUT2D eigenvalue weighted by Gasteiger charge is 2.26. The van der Waals surface area contributed by atoms with E-state index in [-0.39, 0.29) is 11.6 Å². The summed E-state index contributed by atoms with van der Waals surface area (Å²) < 4.78 is 5.01. The Bertz CT molecular complexity index is 583.